The van der Waals surface area contributed by atoms with Crippen molar-refractivity contribution in [2.75, 3.05) is 51.3 Å². The maximum absolute atomic E-state index is 12.3. The molecule has 0 radical (unpaired) electrons. The molecule has 0 saturated carbocycles. The lowest BCUT2D eigenvalue weighted by Gasteiger charge is -2.34. The van der Waals surface area contributed by atoms with E-state index in [1.54, 1.807) is 7.11 Å². The van der Waals surface area contributed by atoms with Crippen LogP contribution in [0.3, 0.4) is 0 Å². The number of carbonyl (C=O) groups is 1. The Kier molecular flexibility index (Phi) is 7.72. The van der Waals surface area contributed by atoms with Gasteiger partial charge in [-0.3, -0.25) is 9.69 Å². The molecule has 1 aromatic heterocycles. The summed E-state index contributed by atoms with van der Waals surface area (Å²) in [6.45, 7) is 5.16. The number of ether oxygens (including phenoxy) is 1. The Bertz CT molecular complexity index is 1050. The highest BCUT2D eigenvalue weighted by Crippen LogP contribution is 2.22. The molecule has 1 aliphatic rings. The predicted molar refractivity (Wildman–Crippen MR) is 131 cm³/mol. The zero-order chi connectivity index (χ0) is 22.3. The van der Waals surface area contributed by atoms with Crippen LogP contribution in [0.15, 0.2) is 53.0 Å². The molecule has 32 heavy (non-hydrogen) atoms. The van der Waals surface area contributed by atoms with Gasteiger partial charge in [-0.15, -0.1) is 0 Å². The maximum atomic E-state index is 12.3. The first-order valence-electron chi connectivity index (χ1n) is 10.6. The van der Waals surface area contributed by atoms with Gasteiger partial charge in [0.25, 0.3) is 5.91 Å². The molecule has 7 nitrogen and oxygen atoms in total. The molecule has 1 fully saturated rings. The van der Waals surface area contributed by atoms with Gasteiger partial charge in [-0.2, -0.15) is 4.37 Å². The van der Waals surface area contributed by atoms with Crippen molar-refractivity contribution >= 4 is 38.5 Å². The van der Waals surface area contributed by atoms with Crippen LogP contribution in [0.5, 0.6) is 5.75 Å². The molecule has 1 aliphatic heterocycles. The minimum Gasteiger partial charge on any atom is -0.497 e. The molecule has 9 heteroatoms. The Balaban J connectivity index is 1.22. The number of carbonyl (C=O) groups excluding carboxylic acids is 1. The lowest BCUT2D eigenvalue weighted by Crippen LogP contribution is -2.48. The van der Waals surface area contributed by atoms with Crippen LogP contribution in [0.4, 0.5) is 5.13 Å². The van der Waals surface area contributed by atoms with E-state index in [1.165, 1.54) is 11.5 Å². The summed E-state index contributed by atoms with van der Waals surface area (Å²) >= 11 is 4.89. The Hall–Kier alpha value is -2.49. The molecule has 4 rings (SSSR count). The zero-order valence-electron chi connectivity index (χ0n) is 18.0. The summed E-state index contributed by atoms with van der Waals surface area (Å²) in [7, 11) is 1.67. The van der Waals surface area contributed by atoms with Crippen molar-refractivity contribution in [2.45, 2.75) is 6.42 Å². The van der Waals surface area contributed by atoms with Crippen molar-refractivity contribution in [1.29, 1.82) is 0 Å². The number of piperazine rings is 1. The van der Waals surface area contributed by atoms with Gasteiger partial charge in [-0.05, 0) is 45.8 Å². The second-order valence-electron chi connectivity index (χ2n) is 7.59. The van der Waals surface area contributed by atoms with Crippen molar-refractivity contribution in [1.82, 2.24) is 19.6 Å². The van der Waals surface area contributed by atoms with Crippen LogP contribution >= 0.6 is 27.5 Å². The zero-order valence-corrected chi connectivity index (χ0v) is 20.4. The number of nitrogens with one attached hydrogen (secondary N) is 1. The Labute approximate surface area is 200 Å². The van der Waals surface area contributed by atoms with Gasteiger partial charge in [0.15, 0.2) is 0 Å². The van der Waals surface area contributed by atoms with Gasteiger partial charge in [0, 0.05) is 61.7 Å². The van der Waals surface area contributed by atoms with E-state index >= 15 is 0 Å². The highest BCUT2D eigenvalue weighted by molar-refractivity contribution is 9.10. The lowest BCUT2D eigenvalue weighted by atomic mass is 10.1. The van der Waals surface area contributed by atoms with Crippen LogP contribution in [0.25, 0.3) is 0 Å². The molecular weight excluding hydrogens is 490 g/mol. The van der Waals surface area contributed by atoms with Gasteiger partial charge in [-0.25, -0.2) is 4.98 Å². The topological polar surface area (TPSA) is 70.6 Å². The molecule has 168 valence electrons. The second kappa shape index (κ2) is 10.9. The first-order chi connectivity index (χ1) is 15.6. The lowest BCUT2D eigenvalue weighted by molar-refractivity contribution is 0.0947. The molecule has 0 aliphatic carbocycles. The first kappa shape index (κ1) is 22.7. The Morgan fingerprint density at radius 3 is 2.75 bits per heavy atom. The fraction of sp³-hybridized carbons (Fsp3) is 0.348. The smallest absolute Gasteiger partial charge is 0.252 e. The van der Waals surface area contributed by atoms with E-state index in [0.29, 0.717) is 18.5 Å². The number of methoxy groups -OCH3 is 1. The van der Waals surface area contributed by atoms with Crippen LogP contribution in [-0.2, 0) is 6.42 Å². The molecule has 2 aromatic carbocycles. The van der Waals surface area contributed by atoms with Crippen molar-refractivity contribution in [3.8, 4) is 5.75 Å². The van der Waals surface area contributed by atoms with Crippen LogP contribution in [0.2, 0.25) is 0 Å². The molecule has 1 amide bonds. The summed E-state index contributed by atoms with van der Waals surface area (Å²) in [6.07, 6.45) is 0.699. The van der Waals surface area contributed by atoms with Crippen LogP contribution in [0.1, 0.15) is 21.7 Å². The maximum Gasteiger partial charge on any atom is 0.252 e. The van der Waals surface area contributed by atoms with Crippen LogP contribution in [-0.4, -0.2) is 66.5 Å². The van der Waals surface area contributed by atoms with Crippen LogP contribution < -0.4 is 15.0 Å². The van der Waals surface area contributed by atoms with E-state index in [1.807, 2.05) is 42.5 Å². The van der Waals surface area contributed by atoms with Crippen molar-refractivity contribution in [2.24, 2.45) is 0 Å². The molecule has 0 unspecified atom stereocenters. The number of hydrogen-bond acceptors (Lipinski definition) is 7. The summed E-state index contributed by atoms with van der Waals surface area (Å²) in [4.78, 5) is 21.7. The fourth-order valence-electron chi connectivity index (χ4n) is 3.64. The SMILES string of the molecule is COc1cccc(Cc2nsc(N3CCN(CCNC(=O)c4ccccc4Br)CC3)n2)c1. The number of rotatable bonds is 8. The van der Waals surface area contributed by atoms with Crippen LogP contribution in [0, 0.1) is 0 Å². The average molecular weight is 516 g/mol. The van der Waals surface area contributed by atoms with Crippen molar-refractivity contribution in [3.63, 3.8) is 0 Å². The number of halogens is 1. The van der Waals surface area contributed by atoms with Crippen molar-refractivity contribution in [3.05, 3.63) is 70.0 Å². The summed E-state index contributed by atoms with van der Waals surface area (Å²) in [5.74, 6) is 1.64. The Morgan fingerprint density at radius 1 is 1.16 bits per heavy atom. The van der Waals surface area contributed by atoms with Gasteiger partial charge in [0.05, 0.1) is 12.7 Å². The molecule has 0 atom stereocenters. The third kappa shape index (κ3) is 5.85. The third-order valence-corrected chi connectivity index (χ3v) is 6.93. The third-order valence-electron chi connectivity index (χ3n) is 5.43. The van der Waals surface area contributed by atoms with E-state index in [0.717, 1.165) is 59.5 Å². The number of amides is 1. The van der Waals surface area contributed by atoms with Gasteiger partial charge in [-0.1, -0.05) is 24.3 Å². The summed E-state index contributed by atoms with van der Waals surface area (Å²) in [5.41, 5.74) is 1.81. The fourth-order valence-corrected chi connectivity index (χ4v) is 4.84. The predicted octanol–water partition coefficient (Wildman–Crippen LogP) is 3.45. The molecule has 0 spiro atoms. The number of hydrogen-bond donors (Lipinski definition) is 1. The number of nitrogens with zero attached hydrogens (tertiary/aromatic N) is 4. The molecule has 0 bridgehead atoms. The van der Waals surface area contributed by atoms with Gasteiger partial charge >= 0.3 is 0 Å². The molecule has 1 N–H and O–H groups in total. The van der Waals surface area contributed by atoms with E-state index in [2.05, 4.69) is 41.5 Å². The molecular formula is C23H26BrN5O2S. The van der Waals surface area contributed by atoms with E-state index in [9.17, 15) is 4.79 Å². The summed E-state index contributed by atoms with van der Waals surface area (Å²) in [5, 5.41) is 3.99. The summed E-state index contributed by atoms with van der Waals surface area (Å²) in [6, 6.07) is 15.5. The second-order valence-corrected chi connectivity index (χ2v) is 9.17. The molecule has 3 aromatic rings. The van der Waals surface area contributed by atoms with Gasteiger partial charge < -0.3 is 15.0 Å². The quantitative estimate of drug-likeness (QED) is 0.495. The number of benzene rings is 2. The monoisotopic (exact) mass is 515 g/mol. The minimum absolute atomic E-state index is 0.0477. The molecule has 2 heterocycles. The Morgan fingerprint density at radius 2 is 1.97 bits per heavy atom. The van der Waals surface area contributed by atoms with E-state index in [-0.39, 0.29) is 5.91 Å². The normalized spacial score (nSPS) is 14.4. The largest absolute Gasteiger partial charge is 0.497 e. The average Bonchev–Trinajstić information content (AvgIpc) is 3.28. The standard InChI is InChI=1S/C23H26BrN5O2S/c1-31-18-6-4-5-17(15-18)16-21-26-23(32-27-21)29-13-11-28(12-14-29)10-9-25-22(30)19-7-2-3-8-20(19)24/h2-8,15H,9-14,16H2,1H3,(H,25,30). The first-order valence-corrected chi connectivity index (χ1v) is 12.1. The van der Waals surface area contributed by atoms with Gasteiger partial charge in [0.1, 0.15) is 11.6 Å². The highest BCUT2D eigenvalue weighted by Gasteiger charge is 2.20. The van der Waals surface area contributed by atoms with Crippen molar-refractivity contribution < 1.29 is 9.53 Å². The molecule has 1 saturated heterocycles. The van der Waals surface area contributed by atoms with E-state index < -0.39 is 0 Å². The number of anilines is 1. The highest BCUT2D eigenvalue weighted by atomic mass is 79.9. The van der Waals surface area contributed by atoms with E-state index in [4.69, 9.17) is 9.72 Å². The number of aromatic nitrogens is 2. The summed E-state index contributed by atoms with van der Waals surface area (Å²) < 4.78 is 10.7. The van der Waals surface area contributed by atoms with Gasteiger partial charge in [0.2, 0.25) is 5.13 Å². The minimum atomic E-state index is -0.0477.